The summed E-state index contributed by atoms with van der Waals surface area (Å²) in [7, 11) is 0. The number of amides is 1. The number of aliphatic hydroxyl groups excluding tert-OH is 1. The van der Waals surface area contributed by atoms with E-state index in [1.807, 2.05) is 6.92 Å². The van der Waals surface area contributed by atoms with Gasteiger partial charge in [0.2, 0.25) is 5.91 Å². The van der Waals surface area contributed by atoms with E-state index in [2.05, 4.69) is 10.4 Å². The molecule has 0 bridgehead atoms. The van der Waals surface area contributed by atoms with Crippen LogP contribution in [0, 0.1) is 6.92 Å². The Morgan fingerprint density at radius 2 is 2.17 bits per heavy atom. The molecule has 2 aromatic rings. The van der Waals surface area contributed by atoms with Gasteiger partial charge in [-0.25, -0.2) is 0 Å². The molecule has 0 aliphatic carbocycles. The van der Waals surface area contributed by atoms with Crippen molar-refractivity contribution in [2.24, 2.45) is 0 Å². The molecular formula is C16H18F3N3O2. The molecule has 0 aliphatic heterocycles. The largest absolute Gasteiger partial charge is 0.416 e. The van der Waals surface area contributed by atoms with Gasteiger partial charge in [-0.1, -0.05) is 12.1 Å². The van der Waals surface area contributed by atoms with Gasteiger partial charge >= 0.3 is 6.18 Å². The van der Waals surface area contributed by atoms with Gasteiger partial charge < -0.3 is 10.4 Å². The van der Waals surface area contributed by atoms with E-state index in [4.69, 9.17) is 0 Å². The van der Waals surface area contributed by atoms with Crippen molar-refractivity contribution in [3.63, 3.8) is 0 Å². The summed E-state index contributed by atoms with van der Waals surface area (Å²) in [6, 6.07) is 4.42. The van der Waals surface area contributed by atoms with Gasteiger partial charge in [-0.05, 0) is 30.2 Å². The summed E-state index contributed by atoms with van der Waals surface area (Å²) in [5, 5.41) is 16.5. The molecule has 130 valence electrons. The molecule has 0 aliphatic rings. The number of aryl methyl sites for hydroxylation is 2. The van der Waals surface area contributed by atoms with Crippen molar-refractivity contribution >= 4 is 5.91 Å². The molecule has 0 saturated heterocycles. The van der Waals surface area contributed by atoms with E-state index in [0.29, 0.717) is 6.54 Å². The minimum absolute atomic E-state index is 0.104. The van der Waals surface area contributed by atoms with E-state index in [-0.39, 0.29) is 24.4 Å². The van der Waals surface area contributed by atoms with Crippen molar-refractivity contribution in [3.8, 4) is 0 Å². The summed E-state index contributed by atoms with van der Waals surface area (Å²) in [6.45, 7) is 2.12. The van der Waals surface area contributed by atoms with Gasteiger partial charge in [0.05, 0.1) is 17.9 Å². The lowest BCUT2D eigenvalue weighted by Gasteiger charge is -2.14. The number of nitrogens with one attached hydrogen (secondary N) is 1. The maximum absolute atomic E-state index is 12.6. The molecule has 1 unspecified atom stereocenters. The molecule has 2 N–H and O–H groups in total. The van der Waals surface area contributed by atoms with E-state index in [9.17, 15) is 23.1 Å². The highest BCUT2D eigenvalue weighted by atomic mass is 19.4. The van der Waals surface area contributed by atoms with Crippen LogP contribution in [-0.4, -0.2) is 27.3 Å². The van der Waals surface area contributed by atoms with Crippen LogP contribution in [0.2, 0.25) is 0 Å². The van der Waals surface area contributed by atoms with E-state index < -0.39 is 17.8 Å². The van der Waals surface area contributed by atoms with Crippen LogP contribution in [0.25, 0.3) is 0 Å². The number of carbonyl (C=O) groups excluding carboxylic acids is 1. The molecule has 1 heterocycles. The van der Waals surface area contributed by atoms with E-state index >= 15 is 0 Å². The highest BCUT2D eigenvalue weighted by Gasteiger charge is 2.30. The summed E-state index contributed by atoms with van der Waals surface area (Å²) >= 11 is 0. The van der Waals surface area contributed by atoms with Crippen LogP contribution in [0.5, 0.6) is 0 Å². The summed E-state index contributed by atoms with van der Waals surface area (Å²) in [5.41, 5.74) is 0.252. The van der Waals surface area contributed by atoms with Crippen LogP contribution in [0.1, 0.15) is 29.2 Å². The lowest BCUT2D eigenvalue weighted by Crippen LogP contribution is -2.29. The fourth-order valence-corrected chi connectivity index (χ4v) is 2.14. The SMILES string of the molecule is Cc1cnn(CCC(=O)NCC(O)c2cccc(C(F)(F)F)c2)c1. The van der Waals surface area contributed by atoms with Gasteiger partial charge in [-0.15, -0.1) is 0 Å². The minimum Gasteiger partial charge on any atom is -0.387 e. The maximum atomic E-state index is 12.6. The van der Waals surface area contributed by atoms with E-state index in [0.717, 1.165) is 17.7 Å². The van der Waals surface area contributed by atoms with Crippen molar-refractivity contribution in [2.75, 3.05) is 6.54 Å². The molecule has 24 heavy (non-hydrogen) atoms. The van der Waals surface area contributed by atoms with Crippen molar-refractivity contribution in [3.05, 3.63) is 53.3 Å². The number of hydrogen-bond donors (Lipinski definition) is 2. The molecule has 0 radical (unpaired) electrons. The number of rotatable bonds is 6. The Labute approximate surface area is 137 Å². The summed E-state index contributed by atoms with van der Waals surface area (Å²) in [4.78, 5) is 11.7. The lowest BCUT2D eigenvalue weighted by atomic mass is 10.1. The summed E-state index contributed by atoms with van der Waals surface area (Å²) < 4.78 is 39.6. The second-order valence-electron chi connectivity index (χ2n) is 5.47. The third-order valence-electron chi connectivity index (χ3n) is 3.42. The minimum atomic E-state index is -4.47. The lowest BCUT2D eigenvalue weighted by molar-refractivity contribution is -0.137. The average Bonchev–Trinajstić information content (AvgIpc) is 2.95. The third-order valence-corrected chi connectivity index (χ3v) is 3.42. The fourth-order valence-electron chi connectivity index (χ4n) is 2.14. The van der Waals surface area contributed by atoms with Crippen LogP contribution >= 0.6 is 0 Å². The Morgan fingerprint density at radius 3 is 2.79 bits per heavy atom. The number of halogens is 3. The number of carbonyl (C=O) groups is 1. The Morgan fingerprint density at radius 1 is 1.42 bits per heavy atom. The molecule has 0 saturated carbocycles. The summed E-state index contributed by atoms with van der Waals surface area (Å²) in [5.74, 6) is -0.311. The number of alkyl halides is 3. The van der Waals surface area contributed by atoms with Crippen LogP contribution in [0.3, 0.4) is 0 Å². The quantitative estimate of drug-likeness (QED) is 0.848. The van der Waals surface area contributed by atoms with E-state index in [1.165, 1.54) is 12.1 Å². The molecule has 1 amide bonds. The second kappa shape index (κ2) is 7.48. The molecule has 2 rings (SSSR count). The van der Waals surface area contributed by atoms with Crippen LogP contribution < -0.4 is 5.32 Å². The first kappa shape index (κ1) is 18.0. The zero-order chi connectivity index (χ0) is 17.7. The molecule has 1 aromatic heterocycles. The predicted octanol–water partition coefficient (Wildman–Crippen LogP) is 2.45. The summed E-state index contributed by atoms with van der Waals surface area (Å²) in [6.07, 6.45) is -2.04. The number of nitrogens with zero attached hydrogens (tertiary/aromatic N) is 2. The standard InChI is InChI=1S/C16H18F3N3O2/c1-11-8-21-22(10-11)6-5-15(24)20-9-14(23)12-3-2-4-13(7-12)16(17,18)19/h2-4,7-8,10,14,23H,5-6,9H2,1H3,(H,20,24). The molecule has 0 spiro atoms. The highest BCUT2D eigenvalue weighted by Crippen LogP contribution is 2.30. The van der Waals surface area contributed by atoms with Gasteiger partial charge in [0.25, 0.3) is 0 Å². The number of hydrogen-bond acceptors (Lipinski definition) is 3. The normalized spacial score (nSPS) is 12.9. The van der Waals surface area contributed by atoms with Crippen LogP contribution in [0.4, 0.5) is 13.2 Å². The second-order valence-corrected chi connectivity index (χ2v) is 5.47. The third kappa shape index (κ3) is 5.09. The zero-order valence-electron chi connectivity index (χ0n) is 13.0. The number of aliphatic hydroxyl groups is 1. The first-order valence-corrected chi connectivity index (χ1v) is 7.36. The Kier molecular flexibility index (Phi) is 5.61. The first-order chi connectivity index (χ1) is 11.3. The molecular weight excluding hydrogens is 323 g/mol. The molecule has 5 nitrogen and oxygen atoms in total. The Balaban J connectivity index is 1.84. The molecule has 0 fully saturated rings. The van der Waals surface area contributed by atoms with Gasteiger partial charge in [0.15, 0.2) is 0 Å². The van der Waals surface area contributed by atoms with Crippen molar-refractivity contribution in [1.82, 2.24) is 15.1 Å². The number of benzene rings is 1. The zero-order valence-corrected chi connectivity index (χ0v) is 13.0. The molecule has 1 aromatic carbocycles. The number of aromatic nitrogens is 2. The van der Waals surface area contributed by atoms with Gasteiger partial charge in [0.1, 0.15) is 0 Å². The topological polar surface area (TPSA) is 67.2 Å². The fraction of sp³-hybridized carbons (Fsp3) is 0.375. The Bertz CT molecular complexity index is 698. The predicted molar refractivity (Wildman–Crippen MR) is 81.0 cm³/mol. The molecule has 8 heteroatoms. The van der Waals surface area contributed by atoms with E-state index in [1.54, 1.807) is 17.1 Å². The monoisotopic (exact) mass is 341 g/mol. The van der Waals surface area contributed by atoms with Crippen molar-refractivity contribution in [1.29, 1.82) is 0 Å². The van der Waals surface area contributed by atoms with Crippen LogP contribution in [0.15, 0.2) is 36.7 Å². The smallest absolute Gasteiger partial charge is 0.387 e. The van der Waals surface area contributed by atoms with Gasteiger partial charge in [0, 0.05) is 25.7 Å². The van der Waals surface area contributed by atoms with Gasteiger partial charge in [-0.3, -0.25) is 9.48 Å². The molecule has 1 atom stereocenters. The average molecular weight is 341 g/mol. The maximum Gasteiger partial charge on any atom is 0.416 e. The van der Waals surface area contributed by atoms with Crippen molar-refractivity contribution in [2.45, 2.75) is 32.2 Å². The Hall–Kier alpha value is -2.35. The highest BCUT2D eigenvalue weighted by molar-refractivity contribution is 5.75. The first-order valence-electron chi connectivity index (χ1n) is 7.36. The van der Waals surface area contributed by atoms with Crippen molar-refractivity contribution < 1.29 is 23.1 Å². The van der Waals surface area contributed by atoms with Crippen LogP contribution in [-0.2, 0) is 17.5 Å². The van der Waals surface area contributed by atoms with Gasteiger partial charge in [-0.2, -0.15) is 18.3 Å².